The molecule has 1 saturated heterocycles. The van der Waals surface area contributed by atoms with Gasteiger partial charge in [0.25, 0.3) is 5.91 Å². The van der Waals surface area contributed by atoms with Gasteiger partial charge in [0, 0.05) is 32.0 Å². The third kappa shape index (κ3) is 6.20. The molecule has 0 spiro atoms. The van der Waals surface area contributed by atoms with Gasteiger partial charge in [-0.25, -0.2) is 0 Å². The quantitative estimate of drug-likeness (QED) is 0.585. The molecule has 2 aliphatic heterocycles. The second-order valence-corrected chi connectivity index (χ2v) is 9.00. The summed E-state index contributed by atoms with van der Waals surface area (Å²) >= 11 is 6.29. The van der Waals surface area contributed by atoms with Gasteiger partial charge in [0.05, 0.1) is 41.2 Å². The fourth-order valence-electron chi connectivity index (χ4n) is 4.19. The van der Waals surface area contributed by atoms with E-state index in [0.717, 1.165) is 39.1 Å². The number of nitrogens with zero attached hydrogens (tertiary/aromatic N) is 3. The van der Waals surface area contributed by atoms with Crippen molar-refractivity contribution >= 4 is 34.7 Å². The van der Waals surface area contributed by atoms with Crippen LogP contribution in [0.25, 0.3) is 0 Å². The van der Waals surface area contributed by atoms with Gasteiger partial charge in [0.2, 0.25) is 0 Å². The maximum Gasteiger partial charge on any atom is 0.252 e. The lowest BCUT2D eigenvalue weighted by Gasteiger charge is -2.31. The molecule has 0 atom stereocenters. The summed E-state index contributed by atoms with van der Waals surface area (Å²) in [6.07, 6.45) is 5.43. The van der Waals surface area contributed by atoms with E-state index in [4.69, 9.17) is 21.1 Å². The molecule has 4 rings (SSSR count). The highest BCUT2D eigenvalue weighted by Gasteiger charge is 2.22. The van der Waals surface area contributed by atoms with E-state index >= 15 is 0 Å². The first-order valence-electron chi connectivity index (χ1n) is 11.5. The van der Waals surface area contributed by atoms with Crippen LogP contribution >= 0.6 is 11.6 Å². The molecule has 2 aliphatic rings. The fraction of sp³-hybridized carbons (Fsp3) is 0.440. The molecule has 8 nitrogen and oxygen atoms in total. The lowest BCUT2D eigenvalue weighted by atomic mass is 9.96. The summed E-state index contributed by atoms with van der Waals surface area (Å²) in [6, 6.07) is 6.65. The second kappa shape index (κ2) is 11.6. The molecule has 180 valence electrons. The van der Waals surface area contributed by atoms with Crippen LogP contribution in [0.15, 0.2) is 41.7 Å². The Morgan fingerprint density at radius 3 is 2.88 bits per heavy atom. The van der Waals surface area contributed by atoms with E-state index in [1.807, 2.05) is 0 Å². The highest BCUT2D eigenvalue weighted by molar-refractivity contribution is 6.33. The van der Waals surface area contributed by atoms with Crippen LogP contribution in [0, 0.1) is 5.92 Å². The molecule has 3 heterocycles. The number of carbonyl (C=O) groups excluding carboxylic acids is 2. The van der Waals surface area contributed by atoms with Gasteiger partial charge in [0.1, 0.15) is 12.4 Å². The standard InChI is InChI=1S/C25H29ClN4O4/c1-33-11-10-30-8-5-17(6-9-30)14-28-25(32)21-13-19(2-3-22(21)26)34-16-18-12-24(31)20-4-7-27-15-23(20)29-18/h2-4,7,13,15,17H,5-6,8-12,14,16H2,1H3,(H,28,32). The van der Waals surface area contributed by atoms with Crippen molar-refractivity contribution in [2.24, 2.45) is 10.9 Å². The van der Waals surface area contributed by atoms with Gasteiger partial charge in [0.15, 0.2) is 5.78 Å². The number of likely N-dealkylation sites (tertiary alicyclic amines) is 1. The van der Waals surface area contributed by atoms with Crippen LogP contribution in [0.3, 0.4) is 0 Å². The zero-order valence-corrected chi connectivity index (χ0v) is 20.0. The SMILES string of the molecule is COCCN1CCC(CNC(=O)c2cc(OCC3=Nc4cnccc4C(=O)C3)ccc2Cl)CC1. The van der Waals surface area contributed by atoms with Crippen LogP contribution < -0.4 is 10.1 Å². The molecular formula is C25H29ClN4O4. The Labute approximate surface area is 204 Å². The van der Waals surface area contributed by atoms with Crippen molar-refractivity contribution in [3.8, 4) is 5.75 Å². The van der Waals surface area contributed by atoms with E-state index in [1.165, 1.54) is 0 Å². The van der Waals surface area contributed by atoms with Gasteiger partial charge in [-0.05, 0) is 56.1 Å². The number of pyridine rings is 1. The van der Waals surface area contributed by atoms with Crippen LogP contribution in [0.5, 0.6) is 5.75 Å². The molecule has 0 unspecified atom stereocenters. The molecule has 0 bridgehead atoms. The summed E-state index contributed by atoms with van der Waals surface area (Å²) in [5, 5.41) is 3.38. The number of carbonyl (C=O) groups is 2. The Balaban J connectivity index is 1.30. The summed E-state index contributed by atoms with van der Waals surface area (Å²) in [7, 11) is 1.72. The van der Waals surface area contributed by atoms with Gasteiger partial charge >= 0.3 is 0 Å². The minimum absolute atomic E-state index is 0.00768. The Kier molecular flexibility index (Phi) is 8.26. The second-order valence-electron chi connectivity index (χ2n) is 8.59. The molecule has 2 aromatic rings. The molecule has 34 heavy (non-hydrogen) atoms. The van der Waals surface area contributed by atoms with E-state index in [1.54, 1.807) is 43.8 Å². The van der Waals surface area contributed by atoms with Gasteiger partial charge < -0.3 is 19.7 Å². The third-order valence-corrected chi connectivity index (χ3v) is 6.53. The van der Waals surface area contributed by atoms with Crippen molar-refractivity contribution in [3.05, 3.63) is 52.8 Å². The van der Waals surface area contributed by atoms with Crippen molar-refractivity contribution in [2.45, 2.75) is 19.3 Å². The highest BCUT2D eigenvalue weighted by Crippen LogP contribution is 2.26. The van der Waals surface area contributed by atoms with Gasteiger partial charge in [-0.15, -0.1) is 0 Å². The largest absolute Gasteiger partial charge is 0.488 e. The number of hydrogen-bond donors (Lipinski definition) is 1. The average Bonchev–Trinajstić information content (AvgIpc) is 2.86. The number of halogens is 1. The predicted octanol–water partition coefficient (Wildman–Crippen LogP) is 3.56. The maximum atomic E-state index is 12.8. The Hall–Kier alpha value is -2.81. The number of piperidine rings is 1. The normalized spacial score (nSPS) is 16.6. The molecule has 0 radical (unpaired) electrons. The van der Waals surface area contributed by atoms with Crippen LogP contribution in [0.1, 0.15) is 40.0 Å². The minimum atomic E-state index is -0.220. The molecule has 1 fully saturated rings. The molecule has 0 aliphatic carbocycles. The molecule has 9 heteroatoms. The molecule has 1 aromatic carbocycles. The number of aromatic nitrogens is 1. The number of amides is 1. The number of ketones is 1. The van der Waals surface area contributed by atoms with Gasteiger partial charge in [-0.3, -0.25) is 19.6 Å². The summed E-state index contributed by atoms with van der Waals surface area (Å²) < 4.78 is 11.0. The van der Waals surface area contributed by atoms with Crippen LogP contribution in [0.4, 0.5) is 5.69 Å². The first-order chi connectivity index (χ1) is 16.5. The van der Waals surface area contributed by atoms with Crippen molar-refractivity contribution in [1.29, 1.82) is 0 Å². The minimum Gasteiger partial charge on any atom is -0.488 e. The molecule has 1 aromatic heterocycles. The van der Waals surface area contributed by atoms with Crippen molar-refractivity contribution in [1.82, 2.24) is 15.2 Å². The monoisotopic (exact) mass is 484 g/mol. The first kappa shape index (κ1) is 24.3. The van der Waals surface area contributed by atoms with E-state index in [9.17, 15) is 9.59 Å². The zero-order chi connectivity index (χ0) is 23.9. The number of Topliss-reactive ketones (excluding diaryl/α,β-unsaturated/α-hetero) is 1. The molecule has 0 saturated carbocycles. The number of fused-ring (bicyclic) bond motifs is 1. The fourth-order valence-corrected chi connectivity index (χ4v) is 4.39. The molecular weight excluding hydrogens is 456 g/mol. The first-order valence-corrected chi connectivity index (χ1v) is 11.9. The predicted molar refractivity (Wildman–Crippen MR) is 131 cm³/mol. The van der Waals surface area contributed by atoms with E-state index in [2.05, 4.69) is 20.2 Å². The van der Waals surface area contributed by atoms with Crippen molar-refractivity contribution in [2.75, 3.05) is 46.5 Å². The highest BCUT2D eigenvalue weighted by atomic mass is 35.5. The van der Waals surface area contributed by atoms with Crippen molar-refractivity contribution < 1.29 is 19.1 Å². The molecule has 1 amide bonds. The Morgan fingerprint density at radius 1 is 1.26 bits per heavy atom. The van der Waals surface area contributed by atoms with E-state index < -0.39 is 0 Å². The number of ether oxygens (including phenoxy) is 2. The smallest absolute Gasteiger partial charge is 0.252 e. The number of methoxy groups -OCH3 is 1. The van der Waals surface area contributed by atoms with Gasteiger partial charge in [-0.1, -0.05) is 11.6 Å². The number of benzene rings is 1. The third-order valence-electron chi connectivity index (χ3n) is 6.20. The van der Waals surface area contributed by atoms with Crippen LogP contribution in [-0.4, -0.2) is 73.8 Å². The topological polar surface area (TPSA) is 93.1 Å². The van der Waals surface area contributed by atoms with Crippen LogP contribution in [0.2, 0.25) is 5.02 Å². The Morgan fingerprint density at radius 2 is 2.09 bits per heavy atom. The van der Waals surface area contributed by atoms with Crippen molar-refractivity contribution in [3.63, 3.8) is 0 Å². The van der Waals surface area contributed by atoms with E-state index in [0.29, 0.717) is 45.8 Å². The maximum absolute atomic E-state index is 12.8. The summed E-state index contributed by atoms with van der Waals surface area (Å²) in [5.41, 5.74) is 2.11. The van der Waals surface area contributed by atoms with Crippen LogP contribution in [-0.2, 0) is 4.74 Å². The summed E-state index contributed by atoms with van der Waals surface area (Å²) in [4.78, 5) is 36.0. The number of nitrogens with one attached hydrogen (secondary N) is 1. The summed E-state index contributed by atoms with van der Waals surface area (Å²) in [6.45, 7) is 4.48. The molecule has 1 N–H and O–H groups in total. The number of aliphatic imine (C=N–C) groups is 1. The lowest BCUT2D eigenvalue weighted by Crippen LogP contribution is -2.39. The zero-order valence-electron chi connectivity index (χ0n) is 19.3. The number of rotatable bonds is 9. The summed E-state index contributed by atoms with van der Waals surface area (Å²) in [5.74, 6) is 0.711. The Bertz CT molecular complexity index is 1070. The average molecular weight is 485 g/mol. The lowest BCUT2D eigenvalue weighted by molar-refractivity contribution is 0.0925. The van der Waals surface area contributed by atoms with E-state index in [-0.39, 0.29) is 24.7 Å². The van der Waals surface area contributed by atoms with Gasteiger partial charge in [-0.2, -0.15) is 0 Å². The number of hydrogen-bond acceptors (Lipinski definition) is 7.